The monoisotopic (exact) mass is 359 g/mol. The first-order chi connectivity index (χ1) is 11.6. The van der Waals surface area contributed by atoms with Crippen molar-refractivity contribution in [1.29, 1.82) is 0 Å². The largest absolute Gasteiger partial charge is 0.438 e. The van der Waals surface area contributed by atoms with E-state index in [9.17, 15) is 4.79 Å². The van der Waals surface area contributed by atoms with E-state index in [4.69, 9.17) is 27.9 Å². The average molecular weight is 360 g/mol. The van der Waals surface area contributed by atoms with Crippen molar-refractivity contribution in [2.75, 3.05) is 5.32 Å². The number of para-hydroxylation sites is 2. The number of carbonyl (C=O) groups excluding carboxylic acids is 1. The maximum absolute atomic E-state index is 12.5. The predicted octanol–water partition coefficient (Wildman–Crippen LogP) is 4.83. The molecule has 0 spiro atoms. The Kier molecular flexibility index (Phi) is 4.93. The van der Waals surface area contributed by atoms with Gasteiger partial charge in [0, 0.05) is 6.20 Å². The Morgan fingerprint density at radius 3 is 2.42 bits per heavy atom. The minimum atomic E-state index is -0.475. The zero-order chi connectivity index (χ0) is 16.9. The van der Waals surface area contributed by atoms with Gasteiger partial charge in [-0.1, -0.05) is 47.5 Å². The second kappa shape index (κ2) is 7.29. The Hall–Kier alpha value is -2.63. The molecule has 1 N–H and O–H groups in total. The van der Waals surface area contributed by atoms with Crippen molar-refractivity contribution >= 4 is 34.8 Å². The standard InChI is InChI=1S/C17H11Cl2N3O2/c18-13-7-4-8-14(19)15(13)22-16(23)12-9-20-10-21-17(12)24-11-5-2-1-3-6-11/h1-10H,(H,22,23). The molecule has 0 aliphatic carbocycles. The highest BCUT2D eigenvalue weighted by molar-refractivity contribution is 6.40. The van der Waals surface area contributed by atoms with Gasteiger partial charge in [0.25, 0.3) is 5.91 Å². The summed E-state index contributed by atoms with van der Waals surface area (Å²) in [5.74, 6) is 0.217. The molecule has 0 saturated carbocycles. The van der Waals surface area contributed by atoms with Crippen LogP contribution in [0.3, 0.4) is 0 Å². The molecule has 2 aromatic carbocycles. The number of carbonyl (C=O) groups is 1. The fourth-order valence-corrected chi connectivity index (χ4v) is 2.45. The van der Waals surface area contributed by atoms with Gasteiger partial charge in [0.2, 0.25) is 5.88 Å². The fraction of sp³-hybridized carbons (Fsp3) is 0. The Balaban J connectivity index is 1.88. The molecule has 5 nitrogen and oxygen atoms in total. The molecule has 0 atom stereocenters. The lowest BCUT2D eigenvalue weighted by Gasteiger charge is -2.11. The quantitative estimate of drug-likeness (QED) is 0.724. The SMILES string of the molecule is O=C(Nc1c(Cl)cccc1Cl)c1cncnc1Oc1ccccc1. The number of hydrogen-bond acceptors (Lipinski definition) is 4. The first-order valence-electron chi connectivity index (χ1n) is 6.93. The number of benzene rings is 2. The minimum Gasteiger partial charge on any atom is -0.438 e. The third-order valence-corrected chi connectivity index (χ3v) is 3.71. The molecule has 120 valence electrons. The van der Waals surface area contributed by atoms with Gasteiger partial charge < -0.3 is 10.1 Å². The Labute approximate surface area is 148 Å². The molecule has 7 heteroatoms. The van der Waals surface area contributed by atoms with Crippen LogP contribution in [0, 0.1) is 0 Å². The van der Waals surface area contributed by atoms with E-state index in [-0.39, 0.29) is 11.4 Å². The molecule has 0 radical (unpaired) electrons. The highest BCUT2D eigenvalue weighted by Gasteiger charge is 2.17. The normalized spacial score (nSPS) is 10.2. The van der Waals surface area contributed by atoms with Crippen molar-refractivity contribution < 1.29 is 9.53 Å². The number of anilines is 1. The summed E-state index contributed by atoms with van der Waals surface area (Å²) >= 11 is 12.1. The average Bonchev–Trinajstić information content (AvgIpc) is 2.59. The van der Waals surface area contributed by atoms with Crippen LogP contribution < -0.4 is 10.1 Å². The van der Waals surface area contributed by atoms with Crippen molar-refractivity contribution in [1.82, 2.24) is 9.97 Å². The number of rotatable bonds is 4. The number of hydrogen-bond donors (Lipinski definition) is 1. The third-order valence-electron chi connectivity index (χ3n) is 3.08. The number of nitrogens with one attached hydrogen (secondary N) is 1. The van der Waals surface area contributed by atoms with Gasteiger partial charge in [-0.05, 0) is 24.3 Å². The number of nitrogens with zero attached hydrogens (tertiary/aromatic N) is 2. The van der Waals surface area contributed by atoms with E-state index in [2.05, 4.69) is 15.3 Å². The van der Waals surface area contributed by atoms with Crippen LogP contribution in [-0.2, 0) is 0 Å². The van der Waals surface area contributed by atoms with Crippen LogP contribution in [0.1, 0.15) is 10.4 Å². The zero-order valence-corrected chi connectivity index (χ0v) is 13.8. The molecule has 0 unspecified atom stereocenters. The number of amides is 1. The molecular weight excluding hydrogens is 349 g/mol. The highest BCUT2D eigenvalue weighted by atomic mass is 35.5. The van der Waals surface area contributed by atoms with Crippen molar-refractivity contribution in [2.24, 2.45) is 0 Å². The number of ether oxygens (including phenoxy) is 1. The van der Waals surface area contributed by atoms with E-state index in [0.717, 1.165) is 0 Å². The summed E-state index contributed by atoms with van der Waals surface area (Å²) in [5, 5.41) is 3.32. The van der Waals surface area contributed by atoms with Crippen LogP contribution in [0.15, 0.2) is 61.1 Å². The first-order valence-corrected chi connectivity index (χ1v) is 7.69. The van der Waals surface area contributed by atoms with E-state index < -0.39 is 5.91 Å². The predicted molar refractivity (Wildman–Crippen MR) is 93.0 cm³/mol. The van der Waals surface area contributed by atoms with E-state index >= 15 is 0 Å². The molecule has 1 heterocycles. The maximum atomic E-state index is 12.5. The maximum Gasteiger partial charge on any atom is 0.262 e. The Morgan fingerprint density at radius 2 is 1.71 bits per heavy atom. The van der Waals surface area contributed by atoms with Crippen molar-refractivity contribution in [3.8, 4) is 11.6 Å². The summed E-state index contributed by atoms with van der Waals surface area (Å²) in [6.07, 6.45) is 2.67. The topological polar surface area (TPSA) is 64.1 Å². The summed E-state index contributed by atoms with van der Waals surface area (Å²) in [7, 11) is 0. The third kappa shape index (κ3) is 3.64. The molecule has 1 aromatic heterocycles. The molecule has 0 saturated heterocycles. The van der Waals surface area contributed by atoms with Crippen molar-refractivity contribution in [2.45, 2.75) is 0 Å². The van der Waals surface area contributed by atoms with Gasteiger partial charge >= 0.3 is 0 Å². The van der Waals surface area contributed by atoms with Crippen LogP contribution in [0.25, 0.3) is 0 Å². The summed E-state index contributed by atoms with van der Waals surface area (Å²) in [5.41, 5.74) is 0.484. The molecule has 3 rings (SSSR count). The lowest BCUT2D eigenvalue weighted by Crippen LogP contribution is -2.14. The second-order valence-electron chi connectivity index (χ2n) is 4.71. The number of aromatic nitrogens is 2. The van der Waals surface area contributed by atoms with Gasteiger partial charge in [-0.25, -0.2) is 9.97 Å². The van der Waals surface area contributed by atoms with Crippen molar-refractivity contribution in [3.05, 3.63) is 76.7 Å². The lowest BCUT2D eigenvalue weighted by atomic mass is 10.2. The van der Waals surface area contributed by atoms with Gasteiger partial charge in [0.1, 0.15) is 17.6 Å². The van der Waals surface area contributed by atoms with Gasteiger partial charge in [-0.15, -0.1) is 0 Å². The van der Waals surface area contributed by atoms with Crippen LogP contribution in [0.5, 0.6) is 11.6 Å². The van der Waals surface area contributed by atoms with E-state index in [1.54, 1.807) is 30.3 Å². The summed E-state index contributed by atoms with van der Waals surface area (Å²) in [6, 6.07) is 14.0. The van der Waals surface area contributed by atoms with Gasteiger partial charge in [0.05, 0.1) is 15.7 Å². The van der Waals surface area contributed by atoms with Crippen LogP contribution in [0.4, 0.5) is 5.69 Å². The Morgan fingerprint density at radius 1 is 1.00 bits per heavy atom. The molecular formula is C17H11Cl2N3O2. The molecule has 3 aromatic rings. The first kappa shape index (κ1) is 16.2. The number of halogens is 2. The summed E-state index contributed by atoms with van der Waals surface area (Å²) < 4.78 is 5.65. The smallest absolute Gasteiger partial charge is 0.262 e. The van der Waals surface area contributed by atoms with Gasteiger partial charge in [-0.2, -0.15) is 0 Å². The second-order valence-corrected chi connectivity index (χ2v) is 5.52. The molecule has 0 aliphatic rings. The Bertz CT molecular complexity index is 852. The minimum absolute atomic E-state index is 0.136. The molecule has 0 fully saturated rings. The molecule has 1 amide bonds. The molecule has 24 heavy (non-hydrogen) atoms. The summed E-state index contributed by atoms with van der Waals surface area (Å²) in [4.78, 5) is 20.4. The van der Waals surface area contributed by atoms with E-state index in [1.807, 2.05) is 18.2 Å². The molecule has 0 aliphatic heterocycles. The van der Waals surface area contributed by atoms with Crippen LogP contribution in [0.2, 0.25) is 10.0 Å². The zero-order valence-electron chi connectivity index (χ0n) is 12.2. The highest BCUT2D eigenvalue weighted by Crippen LogP contribution is 2.31. The van der Waals surface area contributed by atoms with Crippen molar-refractivity contribution in [3.63, 3.8) is 0 Å². The van der Waals surface area contributed by atoms with Crippen LogP contribution >= 0.6 is 23.2 Å². The fourth-order valence-electron chi connectivity index (χ4n) is 1.95. The van der Waals surface area contributed by atoms with Gasteiger partial charge in [0.15, 0.2) is 0 Å². The van der Waals surface area contributed by atoms with Gasteiger partial charge in [-0.3, -0.25) is 4.79 Å². The summed E-state index contributed by atoms with van der Waals surface area (Å²) in [6.45, 7) is 0. The van der Waals surface area contributed by atoms with Crippen LogP contribution in [-0.4, -0.2) is 15.9 Å². The van der Waals surface area contributed by atoms with E-state index in [0.29, 0.717) is 21.5 Å². The molecule has 0 bridgehead atoms. The lowest BCUT2D eigenvalue weighted by molar-refractivity contribution is 0.102. The van der Waals surface area contributed by atoms with E-state index in [1.165, 1.54) is 12.5 Å².